The quantitative estimate of drug-likeness (QED) is 0.807. The second kappa shape index (κ2) is 7.66. The molecule has 2 heterocycles. The van der Waals surface area contributed by atoms with Gasteiger partial charge in [0.25, 0.3) is 0 Å². The standard InChI is InChI=1S/C14H22N4O3S/c1-3-12(19)16-14-15-10(8-13(20)21)11(22-14)9-18-6-4-17(2)5-7-18/h3-9H2,1-2H3,(H,20,21)(H,15,16,19). The molecule has 0 bridgehead atoms. The van der Waals surface area contributed by atoms with Gasteiger partial charge in [0, 0.05) is 44.0 Å². The maximum Gasteiger partial charge on any atom is 0.309 e. The molecule has 0 spiro atoms. The number of amides is 1. The van der Waals surface area contributed by atoms with Crippen LogP contribution in [0.4, 0.5) is 5.13 Å². The Morgan fingerprint density at radius 3 is 2.59 bits per heavy atom. The van der Waals surface area contributed by atoms with E-state index in [0.29, 0.717) is 23.8 Å². The highest BCUT2D eigenvalue weighted by Crippen LogP contribution is 2.25. The second-order valence-corrected chi connectivity index (χ2v) is 6.52. The molecular weight excluding hydrogens is 304 g/mol. The summed E-state index contributed by atoms with van der Waals surface area (Å²) in [6.07, 6.45) is 0.267. The van der Waals surface area contributed by atoms with Crippen LogP contribution in [0.3, 0.4) is 0 Å². The Bertz CT molecular complexity index is 538. The number of anilines is 1. The van der Waals surface area contributed by atoms with Crippen LogP contribution in [0.15, 0.2) is 0 Å². The Morgan fingerprint density at radius 1 is 1.32 bits per heavy atom. The topological polar surface area (TPSA) is 85.8 Å². The van der Waals surface area contributed by atoms with Gasteiger partial charge in [-0.15, -0.1) is 11.3 Å². The van der Waals surface area contributed by atoms with E-state index in [9.17, 15) is 9.59 Å². The molecule has 1 aliphatic heterocycles. The first kappa shape index (κ1) is 16.9. The summed E-state index contributed by atoms with van der Waals surface area (Å²) >= 11 is 1.38. The SMILES string of the molecule is CCC(=O)Nc1nc(CC(=O)O)c(CN2CCN(C)CC2)s1. The first-order valence-electron chi connectivity index (χ1n) is 7.39. The Balaban J connectivity index is 2.09. The van der Waals surface area contributed by atoms with Gasteiger partial charge in [-0.2, -0.15) is 0 Å². The van der Waals surface area contributed by atoms with Gasteiger partial charge < -0.3 is 15.3 Å². The van der Waals surface area contributed by atoms with Crippen molar-refractivity contribution in [3.05, 3.63) is 10.6 Å². The molecule has 2 N–H and O–H groups in total. The van der Waals surface area contributed by atoms with Crippen molar-refractivity contribution in [3.8, 4) is 0 Å². The second-order valence-electron chi connectivity index (χ2n) is 5.44. The van der Waals surface area contributed by atoms with Crippen molar-refractivity contribution in [2.75, 3.05) is 38.5 Å². The monoisotopic (exact) mass is 326 g/mol. The van der Waals surface area contributed by atoms with E-state index >= 15 is 0 Å². The highest BCUT2D eigenvalue weighted by Gasteiger charge is 2.20. The van der Waals surface area contributed by atoms with Crippen molar-refractivity contribution in [3.63, 3.8) is 0 Å². The lowest BCUT2D eigenvalue weighted by Gasteiger charge is -2.32. The number of carbonyl (C=O) groups is 2. The molecule has 0 aliphatic carbocycles. The van der Waals surface area contributed by atoms with Gasteiger partial charge in [0.1, 0.15) is 0 Å². The third-order valence-electron chi connectivity index (χ3n) is 3.63. The number of nitrogens with zero attached hydrogens (tertiary/aromatic N) is 3. The van der Waals surface area contributed by atoms with Crippen LogP contribution >= 0.6 is 11.3 Å². The Kier molecular flexibility index (Phi) is 5.87. The molecule has 7 nitrogen and oxygen atoms in total. The van der Waals surface area contributed by atoms with Crippen LogP contribution in [-0.2, 0) is 22.6 Å². The van der Waals surface area contributed by atoms with Gasteiger partial charge in [0.15, 0.2) is 5.13 Å². The summed E-state index contributed by atoms with van der Waals surface area (Å²) in [6.45, 7) is 6.39. The van der Waals surface area contributed by atoms with Crippen LogP contribution in [0.25, 0.3) is 0 Å². The highest BCUT2D eigenvalue weighted by atomic mass is 32.1. The summed E-state index contributed by atoms with van der Waals surface area (Å²) in [5, 5.41) is 12.2. The van der Waals surface area contributed by atoms with Crippen LogP contribution in [0.2, 0.25) is 0 Å². The van der Waals surface area contributed by atoms with Gasteiger partial charge in [0.05, 0.1) is 12.1 Å². The zero-order valence-electron chi connectivity index (χ0n) is 13.0. The number of nitrogens with one attached hydrogen (secondary N) is 1. The van der Waals surface area contributed by atoms with E-state index in [2.05, 4.69) is 27.1 Å². The molecular formula is C14H22N4O3S. The highest BCUT2D eigenvalue weighted by molar-refractivity contribution is 7.15. The Labute approximate surface area is 133 Å². The van der Waals surface area contributed by atoms with Crippen molar-refractivity contribution >= 4 is 28.3 Å². The van der Waals surface area contributed by atoms with Gasteiger partial charge in [-0.1, -0.05) is 6.92 Å². The van der Waals surface area contributed by atoms with Crippen molar-refractivity contribution in [2.24, 2.45) is 0 Å². The van der Waals surface area contributed by atoms with E-state index in [-0.39, 0.29) is 12.3 Å². The lowest BCUT2D eigenvalue weighted by atomic mass is 10.2. The van der Waals surface area contributed by atoms with E-state index in [1.807, 2.05) is 0 Å². The number of rotatable bonds is 6. The summed E-state index contributed by atoms with van der Waals surface area (Å²) in [6, 6.07) is 0. The van der Waals surface area contributed by atoms with E-state index < -0.39 is 5.97 Å². The predicted octanol–water partition coefficient (Wildman–Crippen LogP) is 0.866. The van der Waals surface area contributed by atoms with Gasteiger partial charge in [-0.05, 0) is 7.05 Å². The van der Waals surface area contributed by atoms with Crippen LogP contribution < -0.4 is 5.32 Å². The average Bonchev–Trinajstić information content (AvgIpc) is 2.82. The number of carboxylic acids is 1. The molecule has 0 aromatic carbocycles. The van der Waals surface area contributed by atoms with Crippen molar-refractivity contribution in [1.82, 2.24) is 14.8 Å². The third-order valence-corrected chi connectivity index (χ3v) is 4.63. The summed E-state index contributed by atoms with van der Waals surface area (Å²) in [4.78, 5) is 32.3. The summed E-state index contributed by atoms with van der Waals surface area (Å²) < 4.78 is 0. The Hall–Kier alpha value is -1.51. The number of hydrogen-bond acceptors (Lipinski definition) is 6. The van der Waals surface area contributed by atoms with E-state index in [1.165, 1.54) is 11.3 Å². The van der Waals surface area contributed by atoms with E-state index in [1.54, 1.807) is 6.92 Å². The number of carboxylic acid groups (broad SMARTS) is 1. The normalized spacial score (nSPS) is 16.6. The van der Waals surface area contributed by atoms with Crippen LogP contribution in [-0.4, -0.2) is 65.0 Å². The van der Waals surface area contributed by atoms with E-state index in [4.69, 9.17) is 5.11 Å². The van der Waals surface area contributed by atoms with Gasteiger partial charge in [-0.3, -0.25) is 14.5 Å². The number of carbonyl (C=O) groups excluding carboxylic acids is 1. The first-order valence-corrected chi connectivity index (χ1v) is 8.20. The molecule has 1 saturated heterocycles. The van der Waals surface area contributed by atoms with E-state index in [0.717, 1.165) is 31.1 Å². The minimum Gasteiger partial charge on any atom is -0.481 e. The molecule has 22 heavy (non-hydrogen) atoms. The van der Waals surface area contributed by atoms with Crippen LogP contribution in [0, 0.1) is 0 Å². The number of thiazole rings is 1. The molecule has 2 rings (SSSR count). The van der Waals surface area contributed by atoms with Crippen molar-refractivity contribution < 1.29 is 14.7 Å². The molecule has 8 heteroatoms. The van der Waals surface area contributed by atoms with Crippen LogP contribution in [0.5, 0.6) is 0 Å². The summed E-state index contributed by atoms with van der Waals surface area (Å²) in [7, 11) is 2.10. The molecule has 1 aromatic heterocycles. The lowest BCUT2D eigenvalue weighted by Crippen LogP contribution is -2.43. The molecule has 122 valence electrons. The van der Waals surface area contributed by atoms with Crippen molar-refractivity contribution in [1.29, 1.82) is 0 Å². The summed E-state index contributed by atoms with van der Waals surface area (Å²) in [5.41, 5.74) is 0.558. The van der Waals surface area contributed by atoms with Crippen LogP contribution in [0.1, 0.15) is 23.9 Å². The molecule has 0 unspecified atom stereocenters. The smallest absolute Gasteiger partial charge is 0.309 e. The maximum absolute atomic E-state index is 11.5. The molecule has 1 amide bonds. The zero-order valence-corrected chi connectivity index (χ0v) is 13.8. The number of likely N-dealkylation sites (N-methyl/N-ethyl adjacent to an activating group) is 1. The molecule has 1 aliphatic rings. The first-order chi connectivity index (χ1) is 10.5. The van der Waals surface area contributed by atoms with Gasteiger partial charge in [0.2, 0.25) is 5.91 Å². The molecule has 0 atom stereocenters. The molecule has 0 radical (unpaired) electrons. The fourth-order valence-electron chi connectivity index (χ4n) is 2.26. The number of hydrogen-bond donors (Lipinski definition) is 2. The predicted molar refractivity (Wildman–Crippen MR) is 85.1 cm³/mol. The average molecular weight is 326 g/mol. The lowest BCUT2D eigenvalue weighted by molar-refractivity contribution is -0.136. The maximum atomic E-state index is 11.5. The van der Waals surface area contributed by atoms with Gasteiger partial charge in [-0.25, -0.2) is 4.98 Å². The largest absolute Gasteiger partial charge is 0.481 e. The molecule has 0 saturated carbocycles. The minimum absolute atomic E-state index is 0.109. The minimum atomic E-state index is -0.904. The number of aromatic nitrogens is 1. The zero-order chi connectivity index (χ0) is 16.1. The number of aliphatic carboxylic acids is 1. The molecule has 1 aromatic rings. The fourth-order valence-corrected chi connectivity index (χ4v) is 3.30. The van der Waals surface area contributed by atoms with Crippen molar-refractivity contribution in [2.45, 2.75) is 26.3 Å². The Morgan fingerprint density at radius 2 is 2.00 bits per heavy atom. The third kappa shape index (κ3) is 4.75. The number of piperazine rings is 1. The molecule has 1 fully saturated rings. The summed E-state index contributed by atoms with van der Waals surface area (Å²) in [5.74, 6) is -1.01. The van der Waals surface area contributed by atoms with Gasteiger partial charge >= 0.3 is 5.97 Å². The fraction of sp³-hybridized carbons (Fsp3) is 0.643.